The fourth-order valence-corrected chi connectivity index (χ4v) is 3.22. The van der Waals surface area contributed by atoms with Gasteiger partial charge in [0, 0.05) is 17.4 Å². The smallest absolute Gasteiger partial charge is 0.406 e. The molecule has 30 heavy (non-hydrogen) atoms. The van der Waals surface area contributed by atoms with Crippen molar-refractivity contribution < 1.29 is 23.8 Å². The Morgan fingerprint density at radius 1 is 1.10 bits per heavy atom. The van der Waals surface area contributed by atoms with Crippen molar-refractivity contribution in [2.45, 2.75) is 26.4 Å². The first-order valence-electron chi connectivity index (χ1n) is 9.92. The van der Waals surface area contributed by atoms with Gasteiger partial charge in [-0.05, 0) is 49.1 Å². The molecule has 0 saturated carbocycles. The Morgan fingerprint density at radius 2 is 1.90 bits per heavy atom. The van der Waals surface area contributed by atoms with Gasteiger partial charge >= 0.3 is 12.1 Å². The van der Waals surface area contributed by atoms with Crippen molar-refractivity contribution in [1.82, 2.24) is 10.3 Å². The Bertz CT molecular complexity index is 998. The number of carbonyl (C=O) groups is 2. The molecule has 1 heterocycles. The molecule has 3 rings (SSSR count). The predicted molar refractivity (Wildman–Crippen MR) is 114 cm³/mol. The monoisotopic (exact) mass is 410 g/mol. The van der Waals surface area contributed by atoms with Crippen molar-refractivity contribution in [3.63, 3.8) is 0 Å². The molecular weight excluding hydrogens is 384 g/mol. The minimum atomic E-state index is -0.476. The third-order valence-corrected chi connectivity index (χ3v) is 4.66. The lowest BCUT2D eigenvalue weighted by Crippen LogP contribution is -2.24. The third-order valence-electron chi connectivity index (χ3n) is 4.66. The Morgan fingerprint density at radius 3 is 2.63 bits per heavy atom. The van der Waals surface area contributed by atoms with Crippen LogP contribution in [0.1, 0.15) is 35.0 Å². The van der Waals surface area contributed by atoms with Gasteiger partial charge in [-0.25, -0.2) is 9.59 Å². The molecule has 0 radical (unpaired) electrons. The predicted octanol–water partition coefficient (Wildman–Crippen LogP) is 4.21. The van der Waals surface area contributed by atoms with Gasteiger partial charge in [0.1, 0.15) is 18.1 Å². The Labute approximate surface area is 175 Å². The van der Waals surface area contributed by atoms with Gasteiger partial charge in [0.05, 0.1) is 13.7 Å². The van der Waals surface area contributed by atoms with E-state index in [1.807, 2.05) is 48.5 Å². The number of aryl methyl sites for hydroxylation is 1. The fourth-order valence-electron chi connectivity index (χ4n) is 3.22. The topological polar surface area (TPSA) is 89.7 Å². The number of ether oxygens (including phenoxy) is 3. The summed E-state index contributed by atoms with van der Waals surface area (Å²) in [7, 11) is 1.32. The molecule has 0 bridgehead atoms. The zero-order valence-electron chi connectivity index (χ0n) is 17.2. The van der Waals surface area contributed by atoms with Gasteiger partial charge in [-0.3, -0.25) is 0 Å². The van der Waals surface area contributed by atoms with Crippen molar-refractivity contribution >= 4 is 23.0 Å². The second-order valence-electron chi connectivity index (χ2n) is 6.70. The second-order valence-corrected chi connectivity index (χ2v) is 6.70. The normalized spacial score (nSPS) is 10.6. The molecule has 0 aliphatic carbocycles. The van der Waals surface area contributed by atoms with Crippen LogP contribution in [-0.2, 0) is 22.5 Å². The van der Waals surface area contributed by atoms with E-state index in [0.29, 0.717) is 38.3 Å². The summed E-state index contributed by atoms with van der Waals surface area (Å²) >= 11 is 0. The number of benzene rings is 2. The SMILES string of the molecule is CCOC(=O)c1[nH]c2ccc(OCc3ccccc3)cc2c1CCCNC(=O)OC. The number of hydrogen-bond donors (Lipinski definition) is 2. The molecule has 7 nitrogen and oxygen atoms in total. The minimum absolute atomic E-state index is 0.295. The average Bonchev–Trinajstić information content (AvgIpc) is 3.14. The first-order chi connectivity index (χ1) is 14.6. The summed E-state index contributed by atoms with van der Waals surface area (Å²) in [6.45, 7) is 2.96. The highest BCUT2D eigenvalue weighted by Gasteiger charge is 2.19. The van der Waals surface area contributed by atoms with Crippen LogP contribution < -0.4 is 10.1 Å². The summed E-state index contributed by atoms with van der Waals surface area (Å²) in [5.41, 5.74) is 3.19. The number of methoxy groups -OCH3 is 1. The minimum Gasteiger partial charge on any atom is -0.489 e. The summed E-state index contributed by atoms with van der Waals surface area (Å²) < 4.78 is 15.7. The van der Waals surface area contributed by atoms with E-state index >= 15 is 0 Å². The van der Waals surface area contributed by atoms with Crippen LogP contribution in [-0.4, -0.2) is 37.3 Å². The van der Waals surface area contributed by atoms with Crippen molar-refractivity contribution in [2.75, 3.05) is 20.3 Å². The number of hydrogen-bond acceptors (Lipinski definition) is 5. The highest BCUT2D eigenvalue weighted by atomic mass is 16.5. The molecule has 0 aliphatic rings. The number of amides is 1. The van der Waals surface area contributed by atoms with E-state index in [9.17, 15) is 9.59 Å². The van der Waals surface area contributed by atoms with Gasteiger partial charge in [-0.15, -0.1) is 0 Å². The summed E-state index contributed by atoms with van der Waals surface area (Å²) in [5, 5.41) is 3.56. The summed E-state index contributed by atoms with van der Waals surface area (Å²) in [4.78, 5) is 26.9. The lowest BCUT2D eigenvalue weighted by atomic mass is 10.0. The molecule has 7 heteroatoms. The van der Waals surface area contributed by atoms with Crippen LogP contribution in [0, 0.1) is 0 Å². The lowest BCUT2D eigenvalue weighted by molar-refractivity contribution is 0.0519. The van der Waals surface area contributed by atoms with Crippen LogP contribution in [0.25, 0.3) is 10.9 Å². The van der Waals surface area contributed by atoms with Gasteiger partial charge in [0.2, 0.25) is 0 Å². The molecule has 0 spiro atoms. The molecule has 0 saturated heterocycles. The van der Waals surface area contributed by atoms with Gasteiger partial charge in [-0.1, -0.05) is 30.3 Å². The molecule has 2 aromatic carbocycles. The number of H-pyrrole nitrogens is 1. The lowest BCUT2D eigenvalue weighted by Gasteiger charge is -2.08. The summed E-state index contributed by atoms with van der Waals surface area (Å²) in [6, 6.07) is 15.6. The first kappa shape index (κ1) is 21.2. The first-order valence-corrected chi connectivity index (χ1v) is 9.92. The quantitative estimate of drug-likeness (QED) is 0.407. The van der Waals surface area contributed by atoms with Crippen LogP contribution in [0.3, 0.4) is 0 Å². The molecule has 1 aromatic heterocycles. The number of aromatic nitrogens is 1. The van der Waals surface area contributed by atoms with Crippen molar-refractivity contribution in [3.05, 3.63) is 65.4 Å². The average molecular weight is 410 g/mol. The molecule has 0 unspecified atom stereocenters. The van der Waals surface area contributed by atoms with E-state index in [4.69, 9.17) is 9.47 Å². The maximum atomic E-state index is 12.4. The van der Waals surface area contributed by atoms with E-state index in [1.165, 1.54) is 7.11 Å². The maximum Gasteiger partial charge on any atom is 0.406 e. The zero-order valence-corrected chi connectivity index (χ0v) is 17.2. The number of nitrogens with one attached hydrogen (secondary N) is 2. The summed E-state index contributed by atoms with van der Waals surface area (Å²) in [6.07, 6.45) is 0.750. The van der Waals surface area contributed by atoms with E-state index in [1.54, 1.807) is 6.92 Å². The molecular formula is C23H26N2O5. The van der Waals surface area contributed by atoms with Gasteiger partial charge in [0.15, 0.2) is 0 Å². The molecule has 0 atom stereocenters. The number of aromatic amines is 1. The summed E-state index contributed by atoms with van der Waals surface area (Å²) in [5.74, 6) is 0.325. The van der Waals surface area contributed by atoms with Crippen LogP contribution in [0.5, 0.6) is 5.75 Å². The molecule has 3 aromatic rings. The van der Waals surface area contributed by atoms with E-state index < -0.39 is 12.1 Å². The van der Waals surface area contributed by atoms with Crippen LogP contribution in [0.2, 0.25) is 0 Å². The number of esters is 1. The van der Waals surface area contributed by atoms with Gasteiger partial charge in [0.25, 0.3) is 0 Å². The highest BCUT2D eigenvalue weighted by molar-refractivity contribution is 5.98. The fraction of sp³-hybridized carbons (Fsp3) is 0.304. The molecule has 1 amide bonds. The van der Waals surface area contributed by atoms with E-state index in [-0.39, 0.29) is 0 Å². The Kier molecular flexibility index (Phi) is 7.32. The van der Waals surface area contributed by atoms with Gasteiger partial charge < -0.3 is 24.5 Å². The van der Waals surface area contributed by atoms with E-state index in [0.717, 1.165) is 27.8 Å². The maximum absolute atomic E-state index is 12.4. The molecule has 158 valence electrons. The highest BCUT2D eigenvalue weighted by Crippen LogP contribution is 2.28. The van der Waals surface area contributed by atoms with E-state index in [2.05, 4.69) is 15.0 Å². The largest absolute Gasteiger partial charge is 0.489 e. The molecule has 2 N–H and O–H groups in total. The van der Waals surface area contributed by atoms with Crippen LogP contribution >= 0.6 is 0 Å². The van der Waals surface area contributed by atoms with Crippen LogP contribution in [0.15, 0.2) is 48.5 Å². The number of carbonyl (C=O) groups excluding carboxylic acids is 2. The molecule has 0 aliphatic heterocycles. The van der Waals surface area contributed by atoms with Crippen LogP contribution in [0.4, 0.5) is 4.79 Å². The number of alkyl carbamates (subject to hydrolysis) is 1. The van der Waals surface area contributed by atoms with Crippen molar-refractivity contribution in [3.8, 4) is 5.75 Å². The zero-order chi connectivity index (χ0) is 21.3. The van der Waals surface area contributed by atoms with Crippen molar-refractivity contribution in [2.24, 2.45) is 0 Å². The second kappa shape index (κ2) is 10.3. The number of rotatable bonds is 9. The third kappa shape index (κ3) is 5.31. The molecule has 0 fully saturated rings. The van der Waals surface area contributed by atoms with Crippen molar-refractivity contribution in [1.29, 1.82) is 0 Å². The Balaban J connectivity index is 1.81. The standard InChI is InChI=1S/C23H26N2O5/c1-3-29-22(26)21-18(10-7-13-24-23(27)28-2)19-14-17(11-12-20(19)25-21)30-15-16-8-5-4-6-9-16/h4-6,8-9,11-12,14,25H,3,7,10,13,15H2,1-2H3,(H,24,27). The number of fused-ring (bicyclic) bond motifs is 1. The Hall–Kier alpha value is -3.48. The van der Waals surface area contributed by atoms with Gasteiger partial charge in [-0.2, -0.15) is 0 Å².